The molecule has 2 N–H and O–H groups in total. The van der Waals surface area contributed by atoms with Gasteiger partial charge in [-0.1, -0.05) is 41.9 Å². The van der Waals surface area contributed by atoms with Gasteiger partial charge in [0, 0.05) is 34.8 Å². The zero-order valence-corrected chi connectivity index (χ0v) is 19.0. The maximum Gasteiger partial charge on any atom is 0.256 e. The molecule has 1 amide bonds. The van der Waals surface area contributed by atoms with Crippen molar-refractivity contribution in [2.75, 3.05) is 19.8 Å². The number of halogens is 2. The van der Waals surface area contributed by atoms with E-state index in [2.05, 4.69) is 20.9 Å². The van der Waals surface area contributed by atoms with Gasteiger partial charge in [0.2, 0.25) is 0 Å². The molecule has 1 aromatic heterocycles. The Hall–Kier alpha value is -1.83. The number of aryl methyl sites for hydroxylation is 2. The maximum atomic E-state index is 13.2. The lowest BCUT2D eigenvalue weighted by Gasteiger charge is -2.30. The molecule has 2 aromatic rings. The molecular weight excluding hydrogens is 472 g/mol. The van der Waals surface area contributed by atoms with Crippen molar-refractivity contribution in [2.24, 2.45) is 5.92 Å². The molecule has 164 valence electrons. The first-order valence-electron chi connectivity index (χ1n) is 9.46. The van der Waals surface area contributed by atoms with E-state index in [0.717, 1.165) is 21.3 Å². The van der Waals surface area contributed by atoms with Crippen LogP contribution in [0.3, 0.4) is 0 Å². The number of carbonyl (C=O) groups is 1. The standard InChI is InChI=1S/C21H24BrClN2O4.CH4/c1-11(9-26)10-29-17-7-16(22)14-4-5-25(21(28)18(14)19(17)23)8-15-12(2)6-13(3)24-20(15)27;/h6-7,11,26H,4-5,8-10H2,1-3H3,(H,24,27);1H4/t11-;/m0./s1. The van der Waals surface area contributed by atoms with Gasteiger partial charge in [-0.2, -0.15) is 0 Å². The van der Waals surface area contributed by atoms with Crippen LogP contribution < -0.4 is 10.3 Å². The first-order valence-corrected chi connectivity index (χ1v) is 10.6. The number of pyridine rings is 1. The lowest BCUT2D eigenvalue weighted by Crippen LogP contribution is -2.39. The van der Waals surface area contributed by atoms with Gasteiger partial charge in [-0.3, -0.25) is 9.59 Å². The molecule has 1 atom stereocenters. The minimum absolute atomic E-state index is 0. The average Bonchev–Trinajstić information content (AvgIpc) is 2.66. The number of H-pyrrole nitrogens is 1. The summed E-state index contributed by atoms with van der Waals surface area (Å²) in [5.41, 5.74) is 3.29. The number of benzene rings is 1. The molecule has 1 aliphatic rings. The second-order valence-corrected chi connectivity index (χ2v) is 8.77. The van der Waals surface area contributed by atoms with Crippen LogP contribution in [-0.4, -0.2) is 40.7 Å². The van der Waals surface area contributed by atoms with Crippen LogP contribution in [-0.2, 0) is 13.0 Å². The number of hydrogen-bond donors (Lipinski definition) is 2. The van der Waals surface area contributed by atoms with Gasteiger partial charge in [-0.25, -0.2) is 0 Å². The van der Waals surface area contributed by atoms with Crippen LogP contribution >= 0.6 is 27.5 Å². The number of hydrogen-bond acceptors (Lipinski definition) is 4. The summed E-state index contributed by atoms with van der Waals surface area (Å²) >= 11 is 10.1. The fraction of sp³-hybridized carbons (Fsp3) is 0.455. The van der Waals surface area contributed by atoms with Crippen molar-refractivity contribution in [1.82, 2.24) is 9.88 Å². The van der Waals surface area contributed by atoms with Gasteiger partial charge < -0.3 is 19.7 Å². The number of nitrogens with one attached hydrogen (secondary N) is 1. The van der Waals surface area contributed by atoms with Gasteiger partial charge in [0.05, 0.1) is 23.7 Å². The first-order chi connectivity index (χ1) is 13.7. The number of aliphatic hydroxyl groups is 1. The SMILES string of the molecule is C.Cc1cc(C)c(CN2CCc3c(Br)cc(OC[C@@H](C)CO)c(Cl)c3C2=O)c(=O)[nH]1. The quantitative estimate of drug-likeness (QED) is 0.622. The summed E-state index contributed by atoms with van der Waals surface area (Å²) in [6, 6.07) is 3.67. The van der Waals surface area contributed by atoms with Crippen molar-refractivity contribution in [3.8, 4) is 5.75 Å². The Balaban J connectivity index is 0.00000320. The van der Waals surface area contributed by atoms with Crippen molar-refractivity contribution in [3.05, 3.63) is 59.9 Å². The van der Waals surface area contributed by atoms with Crippen molar-refractivity contribution in [2.45, 2.75) is 41.2 Å². The molecule has 1 aromatic carbocycles. The molecule has 0 saturated carbocycles. The van der Waals surface area contributed by atoms with E-state index >= 15 is 0 Å². The number of amides is 1. The Morgan fingerprint density at radius 2 is 2.03 bits per heavy atom. The largest absolute Gasteiger partial charge is 0.492 e. The Kier molecular flexibility index (Phi) is 8.13. The third kappa shape index (κ3) is 4.90. The summed E-state index contributed by atoms with van der Waals surface area (Å²) in [6.07, 6.45) is 0.623. The average molecular weight is 500 g/mol. The van der Waals surface area contributed by atoms with Crippen LogP contribution in [0, 0.1) is 19.8 Å². The van der Waals surface area contributed by atoms with Crippen molar-refractivity contribution < 1.29 is 14.6 Å². The minimum Gasteiger partial charge on any atom is -0.492 e. The molecule has 8 heteroatoms. The second kappa shape index (κ2) is 9.98. The molecule has 30 heavy (non-hydrogen) atoms. The molecule has 0 spiro atoms. The normalized spacial score (nSPS) is 14.2. The molecule has 0 saturated heterocycles. The van der Waals surface area contributed by atoms with Crippen LogP contribution in [0.4, 0.5) is 0 Å². The molecule has 0 fully saturated rings. The smallest absolute Gasteiger partial charge is 0.256 e. The van der Waals surface area contributed by atoms with E-state index in [9.17, 15) is 14.7 Å². The van der Waals surface area contributed by atoms with E-state index in [0.29, 0.717) is 29.8 Å². The van der Waals surface area contributed by atoms with Gasteiger partial charge >= 0.3 is 0 Å². The number of ether oxygens (including phenoxy) is 1. The number of aromatic nitrogens is 1. The Bertz CT molecular complexity index is 1010. The van der Waals surface area contributed by atoms with Crippen molar-refractivity contribution in [1.29, 1.82) is 0 Å². The Labute approximate surface area is 190 Å². The van der Waals surface area contributed by atoms with Gasteiger partial charge in [0.1, 0.15) is 5.75 Å². The summed E-state index contributed by atoms with van der Waals surface area (Å²) < 4.78 is 6.51. The number of fused-ring (bicyclic) bond motifs is 1. The summed E-state index contributed by atoms with van der Waals surface area (Å²) in [5.74, 6) is 0.124. The van der Waals surface area contributed by atoms with Gasteiger partial charge in [-0.15, -0.1) is 0 Å². The Morgan fingerprint density at radius 1 is 1.33 bits per heavy atom. The highest BCUT2D eigenvalue weighted by Gasteiger charge is 2.31. The molecule has 2 heterocycles. The topological polar surface area (TPSA) is 82.6 Å². The van der Waals surface area contributed by atoms with Crippen LogP contribution in [0.2, 0.25) is 5.02 Å². The molecule has 6 nitrogen and oxygen atoms in total. The van der Waals surface area contributed by atoms with Crippen LogP contribution in [0.15, 0.2) is 21.4 Å². The molecule has 1 aliphatic heterocycles. The predicted molar refractivity (Wildman–Crippen MR) is 123 cm³/mol. The zero-order valence-electron chi connectivity index (χ0n) is 16.6. The third-order valence-electron chi connectivity index (χ3n) is 5.09. The maximum absolute atomic E-state index is 13.2. The van der Waals surface area contributed by atoms with E-state index in [-0.39, 0.29) is 49.6 Å². The number of nitrogens with zero attached hydrogens (tertiary/aromatic N) is 1. The fourth-order valence-electron chi connectivity index (χ4n) is 3.42. The molecule has 0 bridgehead atoms. The van der Waals surface area contributed by atoms with E-state index in [1.165, 1.54) is 0 Å². The third-order valence-corrected chi connectivity index (χ3v) is 6.18. The molecule has 0 unspecified atom stereocenters. The van der Waals surface area contributed by atoms with Gasteiger partial charge in [0.15, 0.2) is 0 Å². The van der Waals surface area contributed by atoms with E-state index in [1.807, 2.05) is 26.8 Å². The fourth-order valence-corrected chi connectivity index (χ4v) is 4.33. The molecule has 0 aliphatic carbocycles. The van der Waals surface area contributed by atoms with Crippen LogP contribution in [0.5, 0.6) is 5.75 Å². The van der Waals surface area contributed by atoms with E-state index in [4.69, 9.17) is 16.3 Å². The lowest BCUT2D eigenvalue weighted by atomic mass is 9.97. The first kappa shape index (κ1) is 24.4. The summed E-state index contributed by atoms with van der Waals surface area (Å²) in [6.45, 7) is 6.57. The minimum atomic E-state index is -0.225. The summed E-state index contributed by atoms with van der Waals surface area (Å²) in [7, 11) is 0. The number of rotatable bonds is 6. The van der Waals surface area contributed by atoms with E-state index < -0.39 is 0 Å². The number of aliphatic hydroxyl groups excluding tert-OH is 1. The monoisotopic (exact) mass is 498 g/mol. The van der Waals surface area contributed by atoms with Gasteiger partial charge in [0.25, 0.3) is 11.5 Å². The van der Waals surface area contributed by atoms with Gasteiger partial charge in [-0.05, 0) is 43.5 Å². The van der Waals surface area contributed by atoms with E-state index in [1.54, 1.807) is 11.0 Å². The summed E-state index contributed by atoms with van der Waals surface area (Å²) in [4.78, 5) is 30.1. The highest BCUT2D eigenvalue weighted by Crippen LogP contribution is 2.39. The Morgan fingerprint density at radius 3 is 2.67 bits per heavy atom. The molecule has 3 rings (SSSR count). The molecular formula is C22H28BrClN2O4. The second-order valence-electron chi connectivity index (χ2n) is 7.54. The number of carbonyl (C=O) groups excluding carboxylic acids is 1. The zero-order chi connectivity index (χ0) is 21.3. The van der Waals surface area contributed by atoms with Crippen LogP contribution in [0.1, 0.15) is 47.1 Å². The highest BCUT2D eigenvalue weighted by molar-refractivity contribution is 9.10. The lowest BCUT2D eigenvalue weighted by molar-refractivity contribution is 0.0725. The number of aromatic amines is 1. The van der Waals surface area contributed by atoms with Crippen molar-refractivity contribution in [3.63, 3.8) is 0 Å². The summed E-state index contributed by atoms with van der Waals surface area (Å²) in [5, 5.41) is 9.46. The molecule has 0 radical (unpaired) electrons. The van der Waals surface area contributed by atoms with Crippen LogP contribution in [0.25, 0.3) is 0 Å². The van der Waals surface area contributed by atoms with Crippen molar-refractivity contribution >= 4 is 33.4 Å². The highest BCUT2D eigenvalue weighted by atomic mass is 79.9. The predicted octanol–water partition coefficient (Wildman–Crippen LogP) is 4.25.